The number of methoxy groups -OCH3 is 1. The third kappa shape index (κ3) is 6.59. The summed E-state index contributed by atoms with van der Waals surface area (Å²) in [7, 11) is 1.65. The molecule has 0 saturated carbocycles. The van der Waals surface area contributed by atoms with Gasteiger partial charge in [-0.05, 0) is 37.5 Å². The van der Waals surface area contributed by atoms with Crippen molar-refractivity contribution in [2.75, 3.05) is 19.0 Å². The van der Waals surface area contributed by atoms with Gasteiger partial charge in [0.15, 0.2) is 0 Å². The third-order valence-corrected chi connectivity index (χ3v) is 3.98. The number of urea groups is 1. The van der Waals surface area contributed by atoms with E-state index < -0.39 is 5.60 Å². The predicted octanol–water partition coefficient (Wildman–Crippen LogP) is 3.85. The van der Waals surface area contributed by atoms with Crippen molar-refractivity contribution in [3.05, 3.63) is 29.8 Å². The van der Waals surface area contributed by atoms with Gasteiger partial charge in [-0.3, -0.25) is 0 Å². The third-order valence-electron chi connectivity index (χ3n) is 3.98. The summed E-state index contributed by atoms with van der Waals surface area (Å²) in [5.41, 5.74) is 0.880. The van der Waals surface area contributed by atoms with Crippen LogP contribution in [-0.2, 0) is 4.74 Å². The smallest absolute Gasteiger partial charge is 0.319 e. The fourth-order valence-corrected chi connectivity index (χ4v) is 2.66. The zero-order valence-electron chi connectivity index (χ0n) is 14.7. The van der Waals surface area contributed by atoms with E-state index in [2.05, 4.69) is 10.6 Å². The summed E-state index contributed by atoms with van der Waals surface area (Å²) in [6.07, 6.45) is 3.11. The Morgan fingerprint density at radius 2 is 1.96 bits per heavy atom. The fourth-order valence-electron chi connectivity index (χ4n) is 2.66. The Hall–Kier alpha value is -1.59. The molecule has 0 radical (unpaired) electrons. The number of benzene rings is 1. The van der Waals surface area contributed by atoms with Crippen molar-refractivity contribution in [1.29, 1.82) is 0 Å². The lowest BCUT2D eigenvalue weighted by molar-refractivity contribution is 0.0245. The minimum atomic E-state index is -0.826. The van der Waals surface area contributed by atoms with Crippen LogP contribution in [0.15, 0.2) is 24.3 Å². The molecule has 0 aliphatic rings. The molecule has 0 bridgehead atoms. The van der Waals surface area contributed by atoms with Crippen molar-refractivity contribution >= 4 is 11.7 Å². The number of aliphatic hydroxyl groups is 1. The van der Waals surface area contributed by atoms with E-state index in [1.54, 1.807) is 7.11 Å². The maximum atomic E-state index is 12.1. The van der Waals surface area contributed by atoms with E-state index in [0.29, 0.717) is 18.5 Å². The Kier molecular flexibility index (Phi) is 8.06. The Bertz CT molecular complexity index is 485. The minimum absolute atomic E-state index is 0.0287. The van der Waals surface area contributed by atoms with Crippen molar-refractivity contribution in [3.8, 4) is 0 Å². The molecule has 0 spiro atoms. The molecule has 0 aliphatic heterocycles. The molecule has 5 heteroatoms. The van der Waals surface area contributed by atoms with Crippen LogP contribution in [0.1, 0.15) is 58.1 Å². The van der Waals surface area contributed by atoms with Crippen LogP contribution in [0, 0.1) is 0 Å². The summed E-state index contributed by atoms with van der Waals surface area (Å²) in [6.45, 7) is 6.27. The number of carbonyl (C=O) groups excluding carboxylic acids is 1. The number of rotatable bonds is 9. The zero-order chi connectivity index (χ0) is 17.3. The van der Waals surface area contributed by atoms with Gasteiger partial charge >= 0.3 is 6.03 Å². The Labute approximate surface area is 139 Å². The Balaban J connectivity index is 2.59. The molecule has 1 aromatic carbocycles. The molecule has 1 atom stereocenters. The normalized spacial score (nSPS) is 12.7. The van der Waals surface area contributed by atoms with Crippen LogP contribution in [0.25, 0.3) is 0 Å². The summed E-state index contributed by atoms with van der Waals surface area (Å²) in [6, 6.07) is 7.25. The summed E-state index contributed by atoms with van der Waals surface area (Å²) in [5, 5.41) is 16.1. The molecule has 1 aromatic rings. The largest absolute Gasteiger partial charge is 0.388 e. The summed E-state index contributed by atoms with van der Waals surface area (Å²) < 4.78 is 5.28. The molecule has 0 aliphatic carbocycles. The predicted molar refractivity (Wildman–Crippen MR) is 93.7 cm³/mol. The number of nitrogens with one attached hydrogen (secondary N) is 2. The maximum absolute atomic E-state index is 12.1. The van der Waals surface area contributed by atoms with Crippen LogP contribution in [0.4, 0.5) is 10.5 Å². The van der Waals surface area contributed by atoms with Gasteiger partial charge in [0, 0.05) is 19.3 Å². The number of carbonyl (C=O) groups is 1. The van der Waals surface area contributed by atoms with Crippen LogP contribution in [0.5, 0.6) is 0 Å². The fraction of sp³-hybridized carbons (Fsp3) is 0.611. The number of hydrogen-bond donors (Lipinski definition) is 3. The second-order valence-corrected chi connectivity index (χ2v) is 6.04. The molecule has 0 heterocycles. The van der Waals surface area contributed by atoms with Gasteiger partial charge in [-0.1, -0.05) is 38.8 Å². The van der Waals surface area contributed by atoms with Crippen molar-refractivity contribution in [1.82, 2.24) is 5.32 Å². The van der Waals surface area contributed by atoms with E-state index in [9.17, 15) is 9.90 Å². The van der Waals surface area contributed by atoms with Gasteiger partial charge in [0.05, 0.1) is 11.7 Å². The first-order chi connectivity index (χ1) is 10.9. The first-order valence-electron chi connectivity index (χ1n) is 8.34. The molecule has 23 heavy (non-hydrogen) atoms. The van der Waals surface area contributed by atoms with Gasteiger partial charge in [-0.15, -0.1) is 0 Å². The molecular formula is C18H30N2O3. The first kappa shape index (κ1) is 19.5. The molecule has 130 valence electrons. The molecule has 1 rings (SSSR count). The van der Waals surface area contributed by atoms with E-state index in [0.717, 1.165) is 18.4 Å². The molecule has 1 unspecified atom stereocenters. The van der Waals surface area contributed by atoms with Crippen molar-refractivity contribution < 1.29 is 14.6 Å². The average Bonchev–Trinajstić information content (AvgIpc) is 2.53. The second kappa shape index (κ2) is 9.53. The van der Waals surface area contributed by atoms with Gasteiger partial charge in [0.25, 0.3) is 0 Å². The van der Waals surface area contributed by atoms with Crippen LogP contribution in [0.3, 0.4) is 0 Å². The lowest BCUT2D eigenvalue weighted by Gasteiger charge is -2.27. The highest BCUT2D eigenvalue weighted by atomic mass is 16.5. The topological polar surface area (TPSA) is 70.6 Å². The van der Waals surface area contributed by atoms with E-state index in [-0.39, 0.29) is 18.7 Å². The van der Waals surface area contributed by atoms with E-state index in [1.807, 2.05) is 45.0 Å². The quantitative estimate of drug-likeness (QED) is 0.647. The molecule has 0 fully saturated rings. The molecule has 0 saturated heterocycles. The SMILES string of the molecule is CCCC(O)(CCC)CNC(=O)Nc1cccc(C(C)OC)c1. The number of hydrogen-bond acceptors (Lipinski definition) is 3. The molecule has 2 amide bonds. The summed E-state index contributed by atoms with van der Waals surface area (Å²) in [4.78, 5) is 12.1. The highest BCUT2D eigenvalue weighted by Gasteiger charge is 2.25. The van der Waals surface area contributed by atoms with Gasteiger partial charge in [0.2, 0.25) is 0 Å². The van der Waals surface area contributed by atoms with E-state index in [4.69, 9.17) is 4.74 Å². The highest BCUT2D eigenvalue weighted by Crippen LogP contribution is 2.20. The van der Waals surface area contributed by atoms with Crippen molar-refractivity contribution in [2.45, 2.75) is 58.2 Å². The van der Waals surface area contributed by atoms with Gasteiger partial charge < -0.3 is 20.5 Å². The Morgan fingerprint density at radius 3 is 2.52 bits per heavy atom. The van der Waals surface area contributed by atoms with Crippen molar-refractivity contribution in [3.63, 3.8) is 0 Å². The number of anilines is 1. The summed E-state index contributed by atoms with van der Waals surface area (Å²) in [5.74, 6) is 0. The Morgan fingerprint density at radius 1 is 1.30 bits per heavy atom. The van der Waals surface area contributed by atoms with Gasteiger partial charge in [-0.2, -0.15) is 0 Å². The average molecular weight is 322 g/mol. The molecule has 0 aromatic heterocycles. The van der Waals surface area contributed by atoms with E-state index in [1.165, 1.54) is 0 Å². The van der Waals surface area contributed by atoms with Crippen LogP contribution in [-0.4, -0.2) is 30.4 Å². The highest BCUT2D eigenvalue weighted by molar-refractivity contribution is 5.89. The maximum Gasteiger partial charge on any atom is 0.319 e. The molecule has 5 nitrogen and oxygen atoms in total. The lowest BCUT2D eigenvalue weighted by atomic mass is 9.93. The molecule has 3 N–H and O–H groups in total. The second-order valence-electron chi connectivity index (χ2n) is 6.04. The van der Waals surface area contributed by atoms with Crippen LogP contribution >= 0.6 is 0 Å². The lowest BCUT2D eigenvalue weighted by Crippen LogP contribution is -2.44. The van der Waals surface area contributed by atoms with Crippen LogP contribution in [0.2, 0.25) is 0 Å². The minimum Gasteiger partial charge on any atom is -0.388 e. The van der Waals surface area contributed by atoms with E-state index >= 15 is 0 Å². The van der Waals surface area contributed by atoms with Gasteiger partial charge in [0.1, 0.15) is 0 Å². The standard InChI is InChI=1S/C18H30N2O3/c1-5-10-18(22,11-6-2)13-19-17(21)20-16-9-7-8-15(12-16)14(3)23-4/h7-9,12,14,22H,5-6,10-11,13H2,1-4H3,(H2,19,20,21). The van der Waals surface area contributed by atoms with Crippen molar-refractivity contribution in [2.24, 2.45) is 0 Å². The monoisotopic (exact) mass is 322 g/mol. The molecular weight excluding hydrogens is 292 g/mol. The zero-order valence-corrected chi connectivity index (χ0v) is 14.7. The first-order valence-corrected chi connectivity index (χ1v) is 8.34. The number of ether oxygens (including phenoxy) is 1. The van der Waals surface area contributed by atoms with Gasteiger partial charge in [-0.25, -0.2) is 4.79 Å². The summed E-state index contributed by atoms with van der Waals surface area (Å²) >= 11 is 0. The number of amides is 2. The van der Waals surface area contributed by atoms with Crippen LogP contribution < -0.4 is 10.6 Å².